The van der Waals surface area contributed by atoms with Gasteiger partial charge in [-0.05, 0) is 25.8 Å². The van der Waals surface area contributed by atoms with Crippen LogP contribution in [0.3, 0.4) is 0 Å². The van der Waals surface area contributed by atoms with Crippen molar-refractivity contribution in [2.75, 3.05) is 0 Å². The van der Waals surface area contributed by atoms with Crippen LogP contribution in [-0.4, -0.2) is 22.9 Å². The molecule has 1 amide bonds. The molecule has 3 nitrogen and oxygen atoms in total. The molecular formula is C15H23FN2O. The zero-order chi connectivity index (χ0) is 14.6. The fraction of sp³-hybridized carbons (Fsp3) is 0.533. The van der Waals surface area contributed by atoms with Crippen LogP contribution < -0.4 is 5.73 Å². The molecule has 0 aliphatic carbocycles. The number of nitrogens with two attached hydrogens (primary N) is 1. The Morgan fingerprint density at radius 1 is 1.26 bits per heavy atom. The van der Waals surface area contributed by atoms with Crippen LogP contribution in [0, 0.1) is 11.7 Å². The number of nitrogens with zero attached hydrogens (tertiary/aromatic N) is 1. The molecule has 1 atom stereocenters. The molecule has 0 saturated carbocycles. The molecular weight excluding hydrogens is 243 g/mol. The van der Waals surface area contributed by atoms with Gasteiger partial charge in [-0.1, -0.05) is 32.0 Å². The highest BCUT2D eigenvalue weighted by Gasteiger charge is 2.26. The lowest BCUT2D eigenvalue weighted by Gasteiger charge is -2.30. The maximum atomic E-state index is 13.7. The molecule has 19 heavy (non-hydrogen) atoms. The minimum absolute atomic E-state index is 0.0168. The summed E-state index contributed by atoms with van der Waals surface area (Å²) in [4.78, 5) is 13.9. The first kappa shape index (κ1) is 15.6. The van der Waals surface area contributed by atoms with Crippen LogP contribution in [0.25, 0.3) is 0 Å². The molecule has 1 aromatic rings. The summed E-state index contributed by atoms with van der Waals surface area (Å²) in [5, 5.41) is 0. The number of hydrogen-bond donors (Lipinski definition) is 1. The van der Waals surface area contributed by atoms with E-state index in [4.69, 9.17) is 5.73 Å². The topological polar surface area (TPSA) is 46.3 Å². The van der Waals surface area contributed by atoms with E-state index in [0.717, 1.165) is 0 Å². The van der Waals surface area contributed by atoms with Gasteiger partial charge in [-0.2, -0.15) is 0 Å². The highest BCUT2D eigenvalue weighted by Crippen LogP contribution is 2.14. The average molecular weight is 266 g/mol. The molecule has 0 aliphatic rings. The number of carbonyl (C=O) groups excluding carboxylic acids is 1. The second-order valence-electron chi connectivity index (χ2n) is 5.42. The van der Waals surface area contributed by atoms with Crippen LogP contribution in [0.5, 0.6) is 0 Å². The van der Waals surface area contributed by atoms with Gasteiger partial charge in [0.25, 0.3) is 0 Å². The quantitative estimate of drug-likeness (QED) is 0.890. The third-order valence-corrected chi connectivity index (χ3v) is 3.21. The van der Waals surface area contributed by atoms with Gasteiger partial charge in [-0.15, -0.1) is 0 Å². The monoisotopic (exact) mass is 266 g/mol. The summed E-state index contributed by atoms with van der Waals surface area (Å²) in [5.74, 6) is -0.360. The lowest BCUT2D eigenvalue weighted by molar-refractivity contribution is -0.136. The fourth-order valence-corrected chi connectivity index (χ4v) is 1.80. The first-order valence-electron chi connectivity index (χ1n) is 6.64. The van der Waals surface area contributed by atoms with Crippen LogP contribution in [0.2, 0.25) is 0 Å². The van der Waals surface area contributed by atoms with Crippen LogP contribution >= 0.6 is 0 Å². The Balaban J connectivity index is 2.91. The smallest absolute Gasteiger partial charge is 0.240 e. The third kappa shape index (κ3) is 4.03. The van der Waals surface area contributed by atoms with E-state index < -0.39 is 6.04 Å². The number of halogens is 1. The maximum Gasteiger partial charge on any atom is 0.240 e. The Morgan fingerprint density at radius 2 is 1.84 bits per heavy atom. The summed E-state index contributed by atoms with van der Waals surface area (Å²) in [6.07, 6.45) is 0. The summed E-state index contributed by atoms with van der Waals surface area (Å²) in [6, 6.07) is 5.94. The molecule has 0 bridgehead atoms. The zero-order valence-corrected chi connectivity index (χ0v) is 12.1. The van der Waals surface area contributed by atoms with E-state index in [0.29, 0.717) is 5.56 Å². The van der Waals surface area contributed by atoms with Gasteiger partial charge in [0.15, 0.2) is 0 Å². The van der Waals surface area contributed by atoms with Gasteiger partial charge < -0.3 is 10.6 Å². The Hall–Kier alpha value is -1.42. The minimum atomic E-state index is -0.547. The second kappa shape index (κ2) is 6.66. The Morgan fingerprint density at radius 3 is 2.32 bits per heavy atom. The summed E-state index contributed by atoms with van der Waals surface area (Å²) in [6.45, 7) is 7.88. The third-order valence-electron chi connectivity index (χ3n) is 3.21. The molecule has 0 unspecified atom stereocenters. The Labute approximate surface area is 114 Å². The number of benzene rings is 1. The van der Waals surface area contributed by atoms with E-state index in [2.05, 4.69) is 0 Å². The maximum absolute atomic E-state index is 13.7. The summed E-state index contributed by atoms with van der Waals surface area (Å²) in [5.41, 5.74) is 6.42. The van der Waals surface area contributed by atoms with Crippen molar-refractivity contribution >= 4 is 5.91 Å². The molecule has 0 saturated heterocycles. The van der Waals surface area contributed by atoms with Gasteiger partial charge in [0.05, 0.1) is 6.04 Å². The van der Waals surface area contributed by atoms with E-state index in [1.165, 1.54) is 6.07 Å². The van der Waals surface area contributed by atoms with E-state index >= 15 is 0 Å². The number of hydrogen-bond acceptors (Lipinski definition) is 2. The van der Waals surface area contributed by atoms with Crippen molar-refractivity contribution in [3.05, 3.63) is 35.6 Å². The van der Waals surface area contributed by atoms with Crippen LogP contribution in [0.4, 0.5) is 4.39 Å². The van der Waals surface area contributed by atoms with E-state index in [1.807, 2.05) is 27.7 Å². The predicted molar refractivity (Wildman–Crippen MR) is 74.9 cm³/mol. The molecule has 106 valence electrons. The normalized spacial score (nSPS) is 12.8. The van der Waals surface area contributed by atoms with Crippen LogP contribution in [0.15, 0.2) is 24.3 Å². The number of carbonyl (C=O) groups is 1. The molecule has 4 heteroatoms. The molecule has 0 aromatic heterocycles. The fourth-order valence-electron chi connectivity index (χ4n) is 1.80. The van der Waals surface area contributed by atoms with Crippen LogP contribution in [-0.2, 0) is 11.3 Å². The van der Waals surface area contributed by atoms with Crippen molar-refractivity contribution in [3.63, 3.8) is 0 Å². The zero-order valence-electron chi connectivity index (χ0n) is 12.1. The van der Waals surface area contributed by atoms with Gasteiger partial charge in [0, 0.05) is 18.2 Å². The number of rotatable bonds is 5. The van der Waals surface area contributed by atoms with Gasteiger partial charge in [0.2, 0.25) is 5.91 Å². The van der Waals surface area contributed by atoms with E-state index in [1.54, 1.807) is 23.1 Å². The van der Waals surface area contributed by atoms with Crippen molar-refractivity contribution in [3.8, 4) is 0 Å². The molecule has 1 aromatic carbocycles. The van der Waals surface area contributed by atoms with Gasteiger partial charge >= 0.3 is 0 Å². The number of amides is 1. The van der Waals surface area contributed by atoms with E-state index in [-0.39, 0.29) is 30.2 Å². The first-order valence-corrected chi connectivity index (χ1v) is 6.64. The standard InChI is InChI=1S/C15H23FN2O/c1-10(2)14(17)15(19)18(11(3)4)9-12-7-5-6-8-13(12)16/h5-8,10-11,14H,9,17H2,1-4H3/t14-/m0/s1. The largest absolute Gasteiger partial charge is 0.334 e. The Kier molecular flexibility index (Phi) is 5.48. The van der Waals surface area contributed by atoms with E-state index in [9.17, 15) is 9.18 Å². The highest BCUT2D eigenvalue weighted by molar-refractivity contribution is 5.82. The predicted octanol–water partition coefficient (Wildman–Crippen LogP) is 2.55. The Bertz CT molecular complexity index is 432. The minimum Gasteiger partial charge on any atom is -0.334 e. The average Bonchev–Trinajstić information content (AvgIpc) is 2.35. The lowest BCUT2D eigenvalue weighted by atomic mass is 10.0. The van der Waals surface area contributed by atoms with Gasteiger partial charge in [0.1, 0.15) is 5.82 Å². The summed E-state index contributed by atoms with van der Waals surface area (Å²) < 4.78 is 13.7. The van der Waals surface area contributed by atoms with Crippen molar-refractivity contribution in [1.29, 1.82) is 0 Å². The molecule has 0 spiro atoms. The van der Waals surface area contributed by atoms with Crippen LogP contribution in [0.1, 0.15) is 33.3 Å². The van der Waals surface area contributed by atoms with Gasteiger partial charge in [-0.25, -0.2) is 4.39 Å². The SMILES string of the molecule is CC(C)[C@H](N)C(=O)N(Cc1ccccc1F)C(C)C. The summed E-state index contributed by atoms with van der Waals surface area (Å²) in [7, 11) is 0. The molecule has 0 radical (unpaired) electrons. The lowest BCUT2D eigenvalue weighted by Crippen LogP contribution is -2.48. The second-order valence-corrected chi connectivity index (χ2v) is 5.42. The molecule has 2 N–H and O–H groups in total. The van der Waals surface area contributed by atoms with Crippen molar-refractivity contribution in [2.45, 2.75) is 46.3 Å². The summed E-state index contributed by atoms with van der Waals surface area (Å²) >= 11 is 0. The van der Waals surface area contributed by atoms with Gasteiger partial charge in [-0.3, -0.25) is 4.79 Å². The van der Waals surface area contributed by atoms with Crippen molar-refractivity contribution in [2.24, 2.45) is 11.7 Å². The first-order chi connectivity index (χ1) is 8.84. The molecule has 0 aliphatic heterocycles. The van der Waals surface area contributed by atoms with Crippen molar-refractivity contribution in [1.82, 2.24) is 4.90 Å². The molecule has 0 heterocycles. The molecule has 0 fully saturated rings. The molecule has 1 rings (SSSR count). The van der Waals surface area contributed by atoms with Crippen molar-refractivity contribution < 1.29 is 9.18 Å². The highest BCUT2D eigenvalue weighted by atomic mass is 19.1.